The quantitative estimate of drug-likeness (QED) is 0.850. The predicted octanol–water partition coefficient (Wildman–Crippen LogP) is 2.18. The van der Waals surface area contributed by atoms with Crippen molar-refractivity contribution >= 4 is 35.1 Å². The zero-order valence-electron chi connectivity index (χ0n) is 10.1. The summed E-state index contributed by atoms with van der Waals surface area (Å²) in [5.41, 5.74) is 0.313. The second kappa shape index (κ2) is 5.35. The summed E-state index contributed by atoms with van der Waals surface area (Å²) in [6.45, 7) is 2.44. The summed E-state index contributed by atoms with van der Waals surface area (Å²) in [5, 5.41) is 9.38. The van der Waals surface area contributed by atoms with E-state index >= 15 is 0 Å². The Labute approximate surface area is 120 Å². The van der Waals surface area contributed by atoms with Gasteiger partial charge in [0, 0.05) is 19.3 Å². The van der Waals surface area contributed by atoms with Crippen LogP contribution in [0, 0.1) is 11.8 Å². The van der Waals surface area contributed by atoms with Crippen molar-refractivity contribution in [3.8, 4) is 0 Å². The average Bonchev–Trinajstić information content (AvgIpc) is 2.74. The molecule has 0 aromatic carbocycles. The zero-order chi connectivity index (χ0) is 14.2. The summed E-state index contributed by atoms with van der Waals surface area (Å²) >= 11 is 11.5. The van der Waals surface area contributed by atoms with E-state index in [1.807, 2.05) is 6.92 Å². The number of aliphatic carboxylic acids is 1. The van der Waals surface area contributed by atoms with E-state index < -0.39 is 11.9 Å². The van der Waals surface area contributed by atoms with E-state index in [1.54, 1.807) is 0 Å². The molecule has 7 heteroatoms. The minimum Gasteiger partial charge on any atom is -0.481 e. The van der Waals surface area contributed by atoms with Crippen LogP contribution in [-0.4, -0.2) is 40.0 Å². The molecule has 5 nitrogen and oxygen atoms in total. The van der Waals surface area contributed by atoms with Gasteiger partial charge in [-0.25, -0.2) is 4.98 Å². The molecule has 0 bridgehead atoms. The highest BCUT2D eigenvalue weighted by molar-refractivity contribution is 6.41. The Bertz CT molecular complexity index is 536. The van der Waals surface area contributed by atoms with Gasteiger partial charge < -0.3 is 10.0 Å². The molecule has 1 aromatic rings. The predicted molar refractivity (Wildman–Crippen MR) is 70.5 cm³/mol. The van der Waals surface area contributed by atoms with Gasteiger partial charge in [-0.3, -0.25) is 9.59 Å². The van der Waals surface area contributed by atoms with Crippen molar-refractivity contribution in [2.45, 2.75) is 6.92 Å². The molecule has 0 radical (unpaired) electrons. The molecule has 2 rings (SSSR count). The Kier molecular flexibility index (Phi) is 3.96. The Morgan fingerprint density at radius 1 is 1.42 bits per heavy atom. The normalized spacial score (nSPS) is 22.6. The molecule has 1 aromatic heterocycles. The van der Waals surface area contributed by atoms with Crippen LogP contribution >= 0.6 is 23.2 Å². The number of hydrogen-bond donors (Lipinski definition) is 1. The van der Waals surface area contributed by atoms with Gasteiger partial charge in [-0.2, -0.15) is 0 Å². The lowest BCUT2D eigenvalue weighted by Crippen LogP contribution is -2.30. The maximum absolute atomic E-state index is 12.2. The molecule has 1 saturated heterocycles. The summed E-state index contributed by atoms with van der Waals surface area (Å²) in [4.78, 5) is 28.6. The van der Waals surface area contributed by atoms with Crippen LogP contribution in [0.15, 0.2) is 12.3 Å². The van der Waals surface area contributed by atoms with Crippen LogP contribution in [0.2, 0.25) is 10.2 Å². The number of rotatable bonds is 2. The van der Waals surface area contributed by atoms with Crippen molar-refractivity contribution in [1.29, 1.82) is 0 Å². The summed E-state index contributed by atoms with van der Waals surface area (Å²) in [6.07, 6.45) is 1.34. The second-order valence-corrected chi connectivity index (χ2v) is 5.39. The maximum Gasteiger partial charge on any atom is 0.308 e. The topological polar surface area (TPSA) is 70.5 Å². The number of likely N-dealkylation sites (tertiary alicyclic amines) is 1. The number of aromatic nitrogens is 1. The van der Waals surface area contributed by atoms with Crippen LogP contribution in [0.1, 0.15) is 17.3 Å². The second-order valence-electron chi connectivity index (χ2n) is 4.63. The first-order chi connectivity index (χ1) is 8.90. The van der Waals surface area contributed by atoms with Crippen molar-refractivity contribution in [3.63, 3.8) is 0 Å². The van der Waals surface area contributed by atoms with E-state index in [4.69, 9.17) is 28.3 Å². The maximum atomic E-state index is 12.2. The standard InChI is InChI=1S/C12H12Cl2N2O3/c1-6-4-16(5-8(6)12(18)19)11(17)7-2-9(13)10(14)15-3-7/h2-3,6,8H,4-5H2,1H3,(H,18,19)/t6-,8-/m1/s1. The third kappa shape index (κ3) is 2.82. The average molecular weight is 303 g/mol. The number of carbonyl (C=O) groups is 2. The van der Waals surface area contributed by atoms with Crippen LogP contribution in [0.3, 0.4) is 0 Å². The lowest BCUT2D eigenvalue weighted by atomic mass is 9.99. The van der Waals surface area contributed by atoms with Gasteiger partial charge >= 0.3 is 5.97 Å². The lowest BCUT2D eigenvalue weighted by molar-refractivity contribution is -0.142. The van der Waals surface area contributed by atoms with Gasteiger partial charge in [0.1, 0.15) is 5.15 Å². The Morgan fingerprint density at radius 3 is 2.63 bits per heavy atom. The van der Waals surface area contributed by atoms with Gasteiger partial charge in [0.05, 0.1) is 16.5 Å². The first kappa shape index (κ1) is 14.1. The highest BCUT2D eigenvalue weighted by Crippen LogP contribution is 2.26. The molecule has 2 heterocycles. The van der Waals surface area contributed by atoms with Crippen molar-refractivity contribution in [1.82, 2.24) is 9.88 Å². The fraction of sp³-hybridized carbons (Fsp3) is 0.417. The summed E-state index contributed by atoms with van der Waals surface area (Å²) in [7, 11) is 0. The summed E-state index contributed by atoms with van der Waals surface area (Å²) in [5.74, 6) is -1.76. The number of carboxylic acid groups (broad SMARTS) is 1. The molecule has 0 spiro atoms. The Hall–Kier alpha value is -1.33. The Balaban J connectivity index is 2.17. The van der Waals surface area contributed by atoms with Gasteiger partial charge in [-0.1, -0.05) is 30.1 Å². The fourth-order valence-corrected chi connectivity index (χ4v) is 2.44. The number of carboxylic acids is 1. The number of carbonyl (C=O) groups excluding carboxylic acids is 1. The molecule has 1 fully saturated rings. The fourth-order valence-electron chi connectivity index (χ4n) is 2.17. The van der Waals surface area contributed by atoms with Gasteiger partial charge in [-0.05, 0) is 12.0 Å². The number of halogens is 2. The van der Waals surface area contributed by atoms with Gasteiger partial charge in [0.25, 0.3) is 5.91 Å². The smallest absolute Gasteiger partial charge is 0.308 e. The number of nitrogens with zero attached hydrogens (tertiary/aromatic N) is 2. The molecule has 0 saturated carbocycles. The van der Waals surface area contributed by atoms with E-state index in [9.17, 15) is 9.59 Å². The lowest BCUT2D eigenvalue weighted by Gasteiger charge is -2.15. The summed E-state index contributed by atoms with van der Waals surface area (Å²) < 4.78 is 0. The number of hydrogen-bond acceptors (Lipinski definition) is 3. The minimum absolute atomic E-state index is 0.0721. The van der Waals surface area contributed by atoms with Crippen LogP contribution in [0.4, 0.5) is 0 Å². The first-order valence-electron chi connectivity index (χ1n) is 5.73. The molecule has 19 heavy (non-hydrogen) atoms. The number of pyridine rings is 1. The van der Waals surface area contributed by atoms with E-state index in [0.29, 0.717) is 12.1 Å². The van der Waals surface area contributed by atoms with Gasteiger partial charge in [-0.15, -0.1) is 0 Å². The monoisotopic (exact) mass is 302 g/mol. The van der Waals surface area contributed by atoms with Crippen molar-refractivity contribution in [2.24, 2.45) is 11.8 Å². The van der Waals surface area contributed by atoms with Crippen molar-refractivity contribution in [3.05, 3.63) is 28.0 Å². The minimum atomic E-state index is -0.880. The first-order valence-corrected chi connectivity index (χ1v) is 6.49. The SMILES string of the molecule is C[C@@H]1CN(C(=O)c2cnc(Cl)c(Cl)c2)C[C@H]1C(=O)O. The van der Waals surface area contributed by atoms with Gasteiger partial charge in [0.15, 0.2) is 0 Å². The molecule has 1 aliphatic rings. The molecule has 1 aliphatic heterocycles. The molecular formula is C12H12Cl2N2O3. The molecule has 1 amide bonds. The highest BCUT2D eigenvalue weighted by Gasteiger charge is 2.37. The number of amides is 1. The van der Waals surface area contributed by atoms with Crippen LogP contribution in [0.25, 0.3) is 0 Å². The molecule has 2 atom stereocenters. The zero-order valence-corrected chi connectivity index (χ0v) is 11.6. The van der Waals surface area contributed by atoms with Gasteiger partial charge in [0.2, 0.25) is 0 Å². The van der Waals surface area contributed by atoms with Crippen molar-refractivity contribution < 1.29 is 14.7 Å². The molecule has 1 N–H and O–H groups in total. The van der Waals surface area contributed by atoms with Crippen LogP contribution in [0.5, 0.6) is 0 Å². The molecule has 0 unspecified atom stereocenters. The summed E-state index contributed by atoms with van der Waals surface area (Å²) in [6, 6.07) is 1.44. The van der Waals surface area contributed by atoms with E-state index in [2.05, 4.69) is 4.98 Å². The molecular weight excluding hydrogens is 291 g/mol. The Morgan fingerprint density at radius 2 is 2.11 bits per heavy atom. The van der Waals surface area contributed by atoms with E-state index in [0.717, 1.165) is 0 Å². The van der Waals surface area contributed by atoms with E-state index in [-0.39, 0.29) is 28.5 Å². The molecule has 102 valence electrons. The third-order valence-corrected chi connectivity index (χ3v) is 3.95. The van der Waals surface area contributed by atoms with Crippen LogP contribution in [-0.2, 0) is 4.79 Å². The largest absolute Gasteiger partial charge is 0.481 e. The molecule has 0 aliphatic carbocycles. The highest BCUT2D eigenvalue weighted by atomic mass is 35.5. The van der Waals surface area contributed by atoms with Crippen molar-refractivity contribution in [2.75, 3.05) is 13.1 Å². The third-order valence-electron chi connectivity index (χ3n) is 3.26. The van der Waals surface area contributed by atoms with E-state index in [1.165, 1.54) is 17.2 Å². The van der Waals surface area contributed by atoms with Crippen LogP contribution < -0.4 is 0 Å².